The van der Waals surface area contributed by atoms with Gasteiger partial charge in [0.05, 0.1) is 5.56 Å². The van der Waals surface area contributed by atoms with E-state index in [4.69, 9.17) is 4.74 Å². The van der Waals surface area contributed by atoms with Crippen LogP contribution in [0.2, 0.25) is 0 Å². The molecular weight excluding hydrogens is 427 g/mol. The van der Waals surface area contributed by atoms with Crippen LogP contribution in [0.25, 0.3) is 0 Å². The van der Waals surface area contributed by atoms with Crippen LogP contribution >= 0.6 is 0 Å². The number of likely N-dealkylation sites (tertiary alicyclic amines) is 1. The van der Waals surface area contributed by atoms with E-state index in [1.807, 2.05) is 4.90 Å². The molecule has 0 bridgehead atoms. The van der Waals surface area contributed by atoms with E-state index in [1.165, 1.54) is 17.0 Å². The molecule has 1 unspecified atom stereocenters. The molecule has 2 fully saturated rings. The number of carbonyl (C=O) groups is 2. The van der Waals surface area contributed by atoms with E-state index in [-0.39, 0.29) is 5.92 Å². The van der Waals surface area contributed by atoms with E-state index >= 15 is 0 Å². The molecule has 2 amide bonds. The molecule has 0 aromatic heterocycles. The van der Waals surface area contributed by atoms with E-state index in [9.17, 15) is 27.9 Å². The van der Waals surface area contributed by atoms with Gasteiger partial charge in [0, 0.05) is 51.7 Å². The van der Waals surface area contributed by atoms with E-state index in [0.29, 0.717) is 57.8 Å². The lowest BCUT2D eigenvalue weighted by molar-refractivity contribution is -0.266. The summed E-state index contributed by atoms with van der Waals surface area (Å²) in [4.78, 5) is 28.2. The average molecular weight is 456 g/mol. The summed E-state index contributed by atoms with van der Waals surface area (Å²) in [5.41, 5.74) is -0.0256. The van der Waals surface area contributed by atoms with Crippen LogP contribution < -0.4 is 5.11 Å². The Hall–Kier alpha value is -2.49. The molecule has 2 aliphatic heterocycles. The van der Waals surface area contributed by atoms with Gasteiger partial charge in [-0.3, -0.25) is 4.90 Å². The monoisotopic (exact) mass is 456 g/mol. The highest BCUT2D eigenvalue weighted by molar-refractivity contribution is 5.68. The van der Waals surface area contributed by atoms with Gasteiger partial charge in [-0.1, -0.05) is 6.07 Å². The van der Waals surface area contributed by atoms with Crippen molar-refractivity contribution in [1.29, 1.82) is 0 Å². The van der Waals surface area contributed by atoms with Crippen molar-refractivity contribution in [3.63, 3.8) is 0 Å². The molecule has 2 heterocycles. The minimum absolute atomic E-state index is 0.232. The summed E-state index contributed by atoms with van der Waals surface area (Å²) < 4.78 is 45.6. The predicted molar refractivity (Wildman–Crippen MR) is 109 cm³/mol. The van der Waals surface area contributed by atoms with Gasteiger partial charge in [0.15, 0.2) is 0 Å². The van der Waals surface area contributed by atoms with Crippen molar-refractivity contribution in [2.24, 2.45) is 0 Å². The summed E-state index contributed by atoms with van der Waals surface area (Å²) in [6.45, 7) is 7.98. The highest BCUT2D eigenvalue weighted by Crippen LogP contribution is 2.36. The molecule has 1 aromatic rings. The van der Waals surface area contributed by atoms with Gasteiger partial charge in [-0.25, -0.2) is 4.79 Å². The van der Waals surface area contributed by atoms with Crippen molar-refractivity contribution >= 4 is 12.2 Å². The fourth-order valence-electron chi connectivity index (χ4n) is 4.13. The van der Waals surface area contributed by atoms with Gasteiger partial charge in [0.1, 0.15) is 11.7 Å². The molecule has 178 valence electrons. The van der Waals surface area contributed by atoms with Crippen molar-refractivity contribution < 1.29 is 32.6 Å². The minimum Gasteiger partial charge on any atom is -0.530 e. The number of nitrogens with zero attached hydrogens (tertiary/aromatic N) is 3. The maximum absolute atomic E-state index is 13.4. The number of rotatable bonds is 3. The van der Waals surface area contributed by atoms with E-state index < -0.39 is 29.5 Å². The van der Waals surface area contributed by atoms with Gasteiger partial charge in [-0.2, -0.15) is 13.2 Å². The van der Waals surface area contributed by atoms with Gasteiger partial charge in [0.25, 0.3) is 0 Å². The zero-order valence-electron chi connectivity index (χ0n) is 18.6. The first-order valence-electron chi connectivity index (χ1n) is 10.7. The third-order valence-electron chi connectivity index (χ3n) is 5.78. The largest absolute Gasteiger partial charge is 0.530 e. The highest BCUT2D eigenvalue weighted by atomic mass is 19.4. The Morgan fingerprint density at radius 3 is 2.28 bits per heavy atom. The summed E-state index contributed by atoms with van der Waals surface area (Å²) in [5, 5.41) is 11.0. The summed E-state index contributed by atoms with van der Waals surface area (Å²) in [6, 6.07) is 3.77. The summed E-state index contributed by atoms with van der Waals surface area (Å²) in [6.07, 6.45) is -5.59. The molecule has 1 atom stereocenters. The molecule has 1 aromatic carbocycles. The van der Waals surface area contributed by atoms with Crippen LogP contribution in [-0.4, -0.2) is 71.8 Å². The van der Waals surface area contributed by atoms with Crippen LogP contribution in [0.15, 0.2) is 18.2 Å². The minimum atomic E-state index is -4.46. The second-order valence-corrected chi connectivity index (χ2v) is 9.35. The number of ether oxygens (including phenoxy) is 1. The van der Waals surface area contributed by atoms with Gasteiger partial charge in [-0.05, 0) is 50.5 Å². The van der Waals surface area contributed by atoms with Crippen LogP contribution in [0.1, 0.15) is 49.8 Å². The Bertz CT molecular complexity index is 846. The molecule has 2 aliphatic rings. The first-order chi connectivity index (χ1) is 14.8. The molecule has 2 saturated heterocycles. The Morgan fingerprint density at radius 2 is 1.72 bits per heavy atom. The first kappa shape index (κ1) is 24.2. The van der Waals surface area contributed by atoms with Crippen molar-refractivity contribution in [2.75, 3.05) is 39.3 Å². The Kier molecular flexibility index (Phi) is 6.92. The predicted octanol–water partition coefficient (Wildman–Crippen LogP) is 2.89. The molecule has 0 N–H and O–H groups in total. The van der Waals surface area contributed by atoms with Gasteiger partial charge >= 0.3 is 12.3 Å². The number of halogens is 3. The molecule has 32 heavy (non-hydrogen) atoms. The van der Waals surface area contributed by atoms with E-state index in [0.717, 1.165) is 11.6 Å². The third kappa shape index (κ3) is 6.05. The molecular formula is C22H29F3N3O4-. The zero-order valence-corrected chi connectivity index (χ0v) is 18.6. The topological polar surface area (TPSA) is 76.2 Å². The number of hydrogen-bond acceptors (Lipinski definition) is 5. The smallest absolute Gasteiger partial charge is 0.416 e. The van der Waals surface area contributed by atoms with Gasteiger partial charge in [0.2, 0.25) is 0 Å². The summed E-state index contributed by atoms with van der Waals surface area (Å²) in [5.74, 6) is -0.232. The molecule has 0 radical (unpaired) electrons. The maximum Gasteiger partial charge on any atom is 0.416 e. The quantitative estimate of drug-likeness (QED) is 0.699. The van der Waals surface area contributed by atoms with Crippen LogP contribution in [0.4, 0.5) is 22.8 Å². The Morgan fingerprint density at radius 1 is 1.06 bits per heavy atom. The van der Waals surface area contributed by atoms with Gasteiger partial charge < -0.3 is 24.4 Å². The molecule has 0 spiro atoms. The second kappa shape index (κ2) is 9.17. The number of amides is 2. The number of hydrogen-bond donors (Lipinski definition) is 0. The summed E-state index contributed by atoms with van der Waals surface area (Å²) >= 11 is 0. The van der Waals surface area contributed by atoms with E-state index in [1.54, 1.807) is 25.7 Å². The van der Waals surface area contributed by atoms with Crippen LogP contribution in [0.5, 0.6) is 0 Å². The fraction of sp³-hybridized carbons (Fsp3) is 0.636. The van der Waals surface area contributed by atoms with E-state index in [2.05, 4.69) is 0 Å². The van der Waals surface area contributed by atoms with Crippen molar-refractivity contribution in [2.45, 2.75) is 51.4 Å². The average Bonchev–Trinajstić information content (AvgIpc) is 3.17. The lowest BCUT2D eigenvalue weighted by atomic mass is 9.91. The Labute approximate surface area is 185 Å². The number of benzene rings is 1. The molecule has 0 saturated carbocycles. The Balaban J connectivity index is 1.78. The van der Waals surface area contributed by atoms with Crippen molar-refractivity contribution in [3.05, 3.63) is 34.9 Å². The van der Waals surface area contributed by atoms with Crippen LogP contribution in [-0.2, 0) is 17.5 Å². The molecule has 0 aliphatic carbocycles. The fourth-order valence-corrected chi connectivity index (χ4v) is 4.13. The number of alkyl halides is 3. The standard InChI is InChI=1S/C22H30F3N3O4/c1-21(2,3)32-20(31)28-7-6-16(14-28)18-12-17(22(23,24)25)5-4-15(18)13-26-8-10-27(11-9-26)19(29)30/h4-5,12,16H,6-11,13-14H2,1-3H3,(H,29,30)/p-1. The lowest BCUT2D eigenvalue weighted by Gasteiger charge is -2.36. The number of carbonyl (C=O) groups excluding carboxylic acids is 2. The summed E-state index contributed by atoms with van der Waals surface area (Å²) in [7, 11) is 0. The first-order valence-corrected chi connectivity index (χ1v) is 10.7. The van der Waals surface area contributed by atoms with Crippen LogP contribution in [0.3, 0.4) is 0 Å². The second-order valence-electron chi connectivity index (χ2n) is 9.35. The van der Waals surface area contributed by atoms with Crippen molar-refractivity contribution in [3.8, 4) is 0 Å². The normalized spacial score (nSPS) is 20.5. The zero-order chi connectivity index (χ0) is 23.7. The lowest BCUT2D eigenvalue weighted by Crippen LogP contribution is -2.52. The van der Waals surface area contributed by atoms with Gasteiger partial charge in [-0.15, -0.1) is 0 Å². The molecule has 7 nitrogen and oxygen atoms in total. The maximum atomic E-state index is 13.4. The molecule has 10 heteroatoms. The molecule has 3 rings (SSSR count). The third-order valence-corrected chi connectivity index (χ3v) is 5.78. The van der Waals surface area contributed by atoms with Crippen LogP contribution in [0, 0.1) is 0 Å². The SMILES string of the molecule is CC(C)(C)OC(=O)N1CCC(c2cc(C(F)(F)F)ccc2CN2CCN(C(=O)[O-])CC2)C1. The number of piperazine rings is 1. The van der Waals surface area contributed by atoms with Crippen molar-refractivity contribution in [1.82, 2.24) is 14.7 Å². The number of carboxylic acid groups (broad SMARTS) is 1. The highest BCUT2D eigenvalue weighted by Gasteiger charge is 2.35.